The third-order valence-corrected chi connectivity index (χ3v) is 4.94. The summed E-state index contributed by atoms with van der Waals surface area (Å²) in [7, 11) is 1.45. The van der Waals surface area contributed by atoms with Gasteiger partial charge in [0, 0.05) is 10.6 Å². The molecule has 3 rings (SSSR count). The number of para-hydroxylation sites is 1. The lowest BCUT2D eigenvalue weighted by atomic mass is 10.2. The van der Waals surface area contributed by atoms with Crippen LogP contribution in [0.2, 0.25) is 10.0 Å². The highest BCUT2D eigenvalue weighted by molar-refractivity contribution is 6.39. The molecule has 0 aliphatic heterocycles. The van der Waals surface area contributed by atoms with E-state index >= 15 is 0 Å². The number of nitrogens with one attached hydrogen (secondary N) is 2. The fourth-order valence-corrected chi connectivity index (χ4v) is 3.14. The van der Waals surface area contributed by atoms with E-state index < -0.39 is 17.6 Å². The van der Waals surface area contributed by atoms with Crippen LogP contribution in [0.1, 0.15) is 11.1 Å². The highest BCUT2D eigenvalue weighted by Crippen LogP contribution is 2.37. The topological polar surface area (TPSA) is 89.0 Å². The lowest BCUT2D eigenvalue weighted by molar-refractivity contribution is -0.136. The van der Waals surface area contributed by atoms with Crippen LogP contribution in [0.3, 0.4) is 0 Å². The summed E-state index contributed by atoms with van der Waals surface area (Å²) in [6, 6.07) is 15.8. The van der Waals surface area contributed by atoms with Crippen LogP contribution in [0, 0.1) is 5.82 Å². The fourth-order valence-electron chi connectivity index (χ4n) is 2.68. The highest BCUT2D eigenvalue weighted by atomic mass is 35.5. The number of amides is 2. The molecule has 0 aliphatic rings. The van der Waals surface area contributed by atoms with Gasteiger partial charge in [0.2, 0.25) is 0 Å². The number of hydrogen-bond acceptors (Lipinski definition) is 5. The van der Waals surface area contributed by atoms with Crippen LogP contribution in [-0.4, -0.2) is 25.1 Å². The van der Waals surface area contributed by atoms with Crippen LogP contribution in [0.15, 0.2) is 65.8 Å². The predicted molar refractivity (Wildman–Crippen MR) is 125 cm³/mol. The molecule has 10 heteroatoms. The summed E-state index contributed by atoms with van der Waals surface area (Å²) in [5.41, 5.74) is 3.19. The molecule has 7 nitrogen and oxygen atoms in total. The van der Waals surface area contributed by atoms with E-state index in [2.05, 4.69) is 15.8 Å². The Hall–Kier alpha value is -3.62. The minimum Gasteiger partial charge on any atom is -0.493 e. The molecule has 3 aromatic rings. The molecular formula is C23H18Cl2FN3O4. The van der Waals surface area contributed by atoms with Gasteiger partial charge in [0.15, 0.2) is 11.5 Å². The van der Waals surface area contributed by atoms with E-state index in [0.29, 0.717) is 22.1 Å². The molecule has 0 saturated carbocycles. The van der Waals surface area contributed by atoms with Gasteiger partial charge in [-0.1, -0.05) is 53.5 Å². The lowest BCUT2D eigenvalue weighted by Crippen LogP contribution is -2.32. The van der Waals surface area contributed by atoms with Gasteiger partial charge in [0.1, 0.15) is 12.4 Å². The molecule has 0 unspecified atom stereocenters. The number of carbonyl (C=O) groups excluding carboxylic acids is 2. The average molecular weight is 490 g/mol. The second-order valence-corrected chi connectivity index (χ2v) is 7.36. The molecule has 0 saturated heterocycles. The van der Waals surface area contributed by atoms with E-state index in [4.69, 9.17) is 32.7 Å². The first-order valence-electron chi connectivity index (χ1n) is 9.51. The number of nitrogens with zero attached hydrogens (tertiary/aromatic N) is 1. The maximum Gasteiger partial charge on any atom is 0.329 e. The molecule has 3 aromatic carbocycles. The van der Waals surface area contributed by atoms with Crippen molar-refractivity contribution in [2.45, 2.75) is 6.61 Å². The van der Waals surface area contributed by atoms with E-state index in [1.165, 1.54) is 31.5 Å². The standard InChI is InChI=1S/C23H18Cl2FN3O4/c1-32-20-11-14(10-17(25)21(20)33-13-15-6-2-3-7-16(15)24)12-27-29-23(31)22(30)28-19-9-5-4-8-18(19)26/h2-12H,13H2,1H3,(H,28,30)(H,29,31)/b27-12-. The molecule has 2 amide bonds. The number of methoxy groups -OCH3 is 1. The summed E-state index contributed by atoms with van der Waals surface area (Å²) in [6.45, 7) is 0.177. The van der Waals surface area contributed by atoms with Crippen molar-refractivity contribution in [2.75, 3.05) is 12.4 Å². The second kappa shape index (κ2) is 11.3. The van der Waals surface area contributed by atoms with Gasteiger partial charge in [-0.05, 0) is 35.9 Å². The van der Waals surface area contributed by atoms with Gasteiger partial charge in [-0.2, -0.15) is 5.10 Å². The smallest absolute Gasteiger partial charge is 0.329 e. The number of halogens is 3. The Bertz CT molecular complexity index is 1200. The first-order chi connectivity index (χ1) is 15.9. The molecule has 2 N–H and O–H groups in total. The van der Waals surface area contributed by atoms with Gasteiger partial charge in [-0.3, -0.25) is 9.59 Å². The number of carbonyl (C=O) groups is 2. The quantitative estimate of drug-likeness (QED) is 0.283. The van der Waals surface area contributed by atoms with Crippen LogP contribution in [0.25, 0.3) is 0 Å². The van der Waals surface area contributed by atoms with Crippen molar-refractivity contribution in [1.82, 2.24) is 5.43 Å². The maximum atomic E-state index is 13.6. The molecule has 33 heavy (non-hydrogen) atoms. The lowest BCUT2D eigenvalue weighted by Gasteiger charge is -2.14. The van der Waals surface area contributed by atoms with Crippen LogP contribution < -0.4 is 20.2 Å². The predicted octanol–water partition coefficient (Wildman–Crippen LogP) is 4.81. The number of ether oxygens (including phenoxy) is 2. The van der Waals surface area contributed by atoms with Crippen molar-refractivity contribution in [3.63, 3.8) is 0 Å². The molecule has 0 fully saturated rings. The monoisotopic (exact) mass is 489 g/mol. The molecule has 0 radical (unpaired) electrons. The van der Waals surface area contributed by atoms with E-state index in [1.54, 1.807) is 18.2 Å². The van der Waals surface area contributed by atoms with Crippen LogP contribution in [-0.2, 0) is 16.2 Å². The Morgan fingerprint density at radius 1 is 1.03 bits per heavy atom. The maximum absolute atomic E-state index is 13.6. The van der Waals surface area contributed by atoms with Crippen molar-refractivity contribution in [3.05, 3.63) is 87.7 Å². The van der Waals surface area contributed by atoms with E-state index in [0.717, 1.165) is 11.6 Å². The normalized spacial score (nSPS) is 10.7. The molecule has 0 spiro atoms. The summed E-state index contributed by atoms with van der Waals surface area (Å²) in [6.07, 6.45) is 1.26. The van der Waals surface area contributed by atoms with Gasteiger partial charge in [0.05, 0.1) is 24.0 Å². The zero-order valence-corrected chi connectivity index (χ0v) is 18.8. The molecule has 0 aromatic heterocycles. The third kappa shape index (κ3) is 6.44. The van der Waals surface area contributed by atoms with E-state index in [1.807, 2.05) is 18.2 Å². The van der Waals surface area contributed by atoms with Gasteiger partial charge < -0.3 is 14.8 Å². The zero-order valence-electron chi connectivity index (χ0n) is 17.3. The second-order valence-electron chi connectivity index (χ2n) is 6.55. The number of benzene rings is 3. The SMILES string of the molecule is COc1cc(/C=N\NC(=O)C(=O)Nc2ccccc2F)cc(Cl)c1OCc1ccccc1Cl. The van der Waals surface area contributed by atoms with Crippen molar-refractivity contribution >= 4 is 46.9 Å². The Morgan fingerprint density at radius 3 is 2.48 bits per heavy atom. The first-order valence-corrected chi connectivity index (χ1v) is 10.3. The fraction of sp³-hybridized carbons (Fsp3) is 0.0870. The molecule has 170 valence electrons. The number of anilines is 1. The summed E-state index contributed by atoms with van der Waals surface area (Å²) < 4.78 is 24.7. The summed E-state index contributed by atoms with van der Waals surface area (Å²) in [5.74, 6) is -2.17. The Labute approximate surface area is 199 Å². The number of hydrazone groups is 1. The molecular weight excluding hydrogens is 472 g/mol. The van der Waals surface area contributed by atoms with Crippen molar-refractivity contribution in [2.24, 2.45) is 5.10 Å². The zero-order chi connectivity index (χ0) is 23.8. The van der Waals surface area contributed by atoms with Crippen molar-refractivity contribution in [3.8, 4) is 11.5 Å². The van der Waals surface area contributed by atoms with Crippen LogP contribution >= 0.6 is 23.2 Å². The van der Waals surface area contributed by atoms with Crippen LogP contribution in [0.4, 0.5) is 10.1 Å². The van der Waals surface area contributed by atoms with Crippen LogP contribution in [0.5, 0.6) is 11.5 Å². The molecule has 0 atom stereocenters. The first kappa shape index (κ1) is 24.0. The van der Waals surface area contributed by atoms with E-state index in [9.17, 15) is 14.0 Å². The Kier molecular flexibility index (Phi) is 8.23. The van der Waals surface area contributed by atoms with Gasteiger partial charge >= 0.3 is 11.8 Å². The highest BCUT2D eigenvalue weighted by Gasteiger charge is 2.15. The van der Waals surface area contributed by atoms with Gasteiger partial charge in [-0.25, -0.2) is 9.82 Å². The van der Waals surface area contributed by atoms with Gasteiger partial charge in [-0.15, -0.1) is 0 Å². The molecule has 0 aliphatic carbocycles. The molecule has 0 bridgehead atoms. The Morgan fingerprint density at radius 2 is 1.76 bits per heavy atom. The largest absolute Gasteiger partial charge is 0.493 e. The summed E-state index contributed by atoms with van der Waals surface area (Å²) in [4.78, 5) is 23.8. The summed E-state index contributed by atoms with van der Waals surface area (Å²) in [5, 5.41) is 6.69. The number of hydrogen-bond donors (Lipinski definition) is 2. The van der Waals surface area contributed by atoms with Gasteiger partial charge in [0.25, 0.3) is 0 Å². The minimum atomic E-state index is -1.08. The van der Waals surface area contributed by atoms with Crippen molar-refractivity contribution in [1.29, 1.82) is 0 Å². The number of rotatable bonds is 7. The third-order valence-electron chi connectivity index (χ3n) is 4.29. The van der Waals surface area contributed by atoms with E-state index in [-0.39, 0.29) is 17.3 Å². The average Bonchev–Trinajstić information content (AvgIpc) is 2.80. The summed E-state index contributed by atoms with van der Waals surface area (Å²) >= 11 is 12.5. The molecule has 0 heterocycles. The van der Waals surface area contributed by atoms with Crippen molar-refractivity contribution < 1.29 is 23.5 Å². The Balaban J connectivity index is 1.64. The minimum absolute atomic E-state index is 0.120.